The van der Waals surface area contributed by atoms with E-state index in [9.17, 15) is 4.79 Å². The summed E-state index contributed by atoms with van der Waals surface area (Å²) < 4.78 is 7.64. The fraction of sp³-hybridized carbons (Fsp3) is 0.278. The first-order valence-electron chi connectivity index (χ1n) is 8.18. The van der Waals surface area contributed by atoms with Crippen LogP contribution in [0.1, 0.15) is 46.3 Å². The molecule has 0 radical (unpaired) electrons. The molecular weight excluding hydrogens is 336 g/mol. The van der Waals surface area contributed by atoms with Crippen molar-refractivity contribution in [1.29, 1.82) is 0 Å². The third-order valence-corrected chi connectivity index (χ3v) is 5.23. The monoisotopic (exact) mass is 354 g/mol. The van der Waals surface area contributed by atoms with Crippen LogP contribution in [0.25, 0.3) is 0 Å². The number of aromatic nitrogens is 3. The molecule has 0 aliphatic heterocycles. The summed E-state index contributed by atoms with van der Waals surface area (Å²) in [7, 11) is 0. The van der Waals surface area contributed by atoms with E-state index in [0.717, 1.165) is 28.1 Å². The number of hydrogen-bond acceptors (Lipinski definition) is 5. The van der Waals surface area contributed by atoms with E-state index >= 15 is 0 Å². The van der Waals surface area contributed by atoms with Crippen molar-refractivity contribution >= 4 is 17.7 Å². The average molecular weight is 354 g/mol. The van der Waals surface area contributed by atoms with Crippen molar-refractivity contribution in [2.75, 3.05) is 0 Å². The van der Waals surface area contributed by atoms with Gasteiger partial charge in [-0.15, -0.1) is 10.2 Å². The summed E-state index contributed by atoms with van der Waals surface area (Å²) >= 11 is 1.63. The van der Waals surface area contributed by atoms with Crippen molar-refractivity contribution in [1.82, 2.24) is 14.8 Å². The maximum absolute atomic E-state index is 11.1. The van der Waals surface area contributed by atoms with Crippen molar-refractivity contribution in [2.45, 2.75) is 36.2 Å². The molecular formula is C18H18N4O2S. The lowest BCUT2D eigenvalue weighted by Crippen LogP contribution is -2.10. The van der Waals surface area contributed by atoms with E-state index in [1.807, 2.05) is 24.3 Å². The standard InChI is InChI=1S/C18H18N4O2S/c19-16(23)13-5-3-12(4-6-13)11-25-18-21-20-17(14-7-8-14)22(18)10-15-2-1-9-24-15/h1-6,9,14H,7-8,10-11H2,(H2,19,23). The van der Waals surface area contributed by atoms with E-state index in [0.29, 0.717) is 18.0 Å². The first-order chi connectivity index (χ1) is 12.2. The van der Waals surface area contributed by atoms with Gasteiger partial charge in [-0.1, -0.05) is 23.9 Å². The summed E-state index contributed by atoms with van der Waals surface area (Å²) in [5.74, 6) is 2.80. The summed E-state index contributed by atoms with van der Waals surface area (Å²) in [5.41, 5.74) is 6.90. The number of primary amides is 1. The van der Waals surface area contributed by atoms with Crippen LogP contribution in [0, 0.1) is 0 Å². The minimum Gasteiger partial charge on any atom is -0.467 e. The van der Waals surface area contributed by atoms with Crippen LogP contribution in [-0.4, -0.2) is 20.7 Å². The van der Waals surface area contributed by atoms with Crippen molar-refractivity contribution < 1.29 is 9.21 Å². The fourth-order valence-corrected chi connectivity index (χ4v) is 3.57. The quantitative estimate of drug-likeness (QED) is 0.659. The topological polar surface area (TPSA) is 86.9 Å². The Hall–Kier alpha value is -2.54. The first kappa shape index (κ1) is 16.0. The van der Waals surface area contributed by atoms with Crippen LogP contribution in [0.5, 0.6) is 0 Å². The molecule has 128 valence electrons. The molecule has 0 bridgehead atoms. The Balaban J connectivity index is 1.50. The number of benzene rings is 1. The van der Waals surface area contributed by atoms with Gasteiger partial charge in [-0.3, -0.25) is 9.36 Å². The maximum atomic E-state index is 11.1. The number of thioether (sulfide) groups is 1. The molecule has 4 rings (SSSR count). The van der Waals surface area contributed by atoms with Gasteiger partial charge in [0.15, 0.2) is 5.16 Å². The van der Waals surface area contributed by atoms with Gasteiger partial charge in [-0.25, -0.2) is 0 Å². The van der Waals surface area contributed by atoms with E-state index in [4.69, 9.17) is 10.2 Å². The van der Waals surface area contributed by atoms with Crippen molar-refractivity contribution in [3.8, 4) is 0 Å². The number of furan rings is 1. The second-order valence-corrected chi connectivity index (χ2v) is 7.07. The molecule has 7 heteroatoms. The van der Waals surface area contributed by atoms with Crippen molar-refractivity contribution in [3.05, 3.63) is 65.4 Å². The summed E-state index contributed by atoms with van der Waals surface area (Å²) in [6.07, 6.45) is 4.04. The molecule has 0 atom stereocenters. The van der Waals surface area contributed by atoms with Gasteiger partial charge < -0.3 is 10.2 Å². The predicted molar refractivity (Wildman–Crippen MR) is 94.3 cm³/mol. The highest BCUT2D eigenvalue weighted by Crippen LogP contribution is 2.40. The first-order valence-corrected chi connectivity index (χ1v) is 9.16. The molecule has 2 N–H and O–H groups in total. The molecule has 2 aromatic heterocycles. The SMILES string of the molecule is NC(=O)c1ccc(CSc2nnc(C3CC3)n2Cc2ccco2)cc1. The van der Waals surface area contributed by atoms with E-state index in [-0.39, 0.29) is 0 Å². The Morgan fingerprint density at radius 2 is 2.04 bits per heavy atom. The number of amides is 1. The number of hydrogen-bond donors (Lipinski definition) is 1. The largest absolute Gasteiger partial charge is 0.467 e. The Bertz CT molecular complexity index is 867. The van der Waals surface area contributed by atoms with Crippen LogP contribution in [0.15, 0.2) is 52.2 Å². The molecule has 1 fully saturated rings. The lowest BCUT2D eigenvalue weighted by molar-refractivity contribution is 0.100. The number of carbonyl (C=O) groups is 1. The van der Waals surface area contributed by atoms with Gasteiger partial charge in [0.2, 0.25) is 5.91 Å². The molecule has 1 aromatic carbocycles. The lowest BCUT2D eigenvalue weighted by atomic mass is 10.1. The van der Waals surface area contributed by atoms with Gasteiger partial charge in [0, 0.05) is 17.2 Å². The minimum absolute atomic E-state index is 0.411. The van der Waals surface area contributed by atoms with Crippen LogP contribution < -0.4 is 5.73 Å². The van der Waals surface area contributed by atoms with Crippen molar-refractivity contribution in [2.24, 2.45) is 5.73 Å². The molecule has 1 saturated carbocycles. The number of rotatable bonds is 7. The third kappa shape index (κ3) is 3.61. The average Bonchev–Trinajstić information content (AvgIpc) is 3.18. The zero-order valence-electron chi connectivity index (χ0n) is 13.6. The zero-order chi connectivity index (χ0) is 17.2. The van der Waals surface area contributed by atoms with E-state index in [2.05, 4.69) is 14.8 Å². The molecule has 2 heterocycles. The Morgan fingerprint density at radius 1 is 1.24 bits per heavy atom. The van der Waals surface area contributed by atoms with Gasteiger partial charge >= 0.3 is 0 Å². The molecule has 1 amide bonds. The molecule has 25 heavy (non-hydrogen) atoms. The van der Waals surface area contributed by atoms with Gasteiger partial charge in [-0.2, -0.15) is 0 Å². The molecule has 0 saturated heterocycles. The number of carbonyl (C=O) groups excluding carboxylic acids is 1. The third-order valence-electron chi connectivity index (χ3n) is 4.19. The molecule has 3 aromatic rings. The van der Waals surface area contributed by atoms with Gasteiger partial charge in [0.05, 0.1) is 12.8 Å². The highest BCUT2D eigenvalue weighted by Gasteiger charge is 2.30. The molecule has 0 spiro atoms. The lowest BCUT2D eigenvalue weighted by Gasteiger charge is -2.08. The second-order valence-electron chi connectivity index (χ2n) is 6.13. The Kier molecular flexibility index (Phi) is 4.31. The van der Waals surface area contributed by atoms with Gasteiger partial charge in [0.25, 0.3) is 0 Å². The van der Waals surface area contributed by atoms with Crippen molar-refractivity contribution in [3.63, 3.8) is 0 Å². The normalized spacial score (nSPS) is 13.9. The maximum Gasteiger partial charge on any atom is 0.248 e. The number of nitrogens with two attached hydrogens (primary N) is 1. The number of nitrogens with zero attached hydrogens (tertiary/aromatic N) is 3. The van der Waals surface area contributed by atoms with Gasteiger partial charge in [0.1, 0.15) is 11.6 Å². The van der Waals surface area contributed by atoms with E-state index < -0.39 is 5.91 Å². The van der Waals surface area contributed by atoms with Crippen LogP contribution in [-0.2, 0) is 12.3 Å². The molecule has 1 aliphatic rings. The summed E-state index contributed by atoms with van der Waals surface area (Å²) in [4.78, 5) is 11.1. The van der Waals surface area contributed by atoms with E-state index in [1.54, 1.807) is 30.2 Å². The van der Waals surface area contributed by atoms with Crippen LogP contribution in [0.2, 0.25) is 0 Å². The minimum atomic E-state index is -0.411. The highest BCUT2D eigenvalue weighted by molar-refractivity contribution is 7.98. The van der Waals surface area contributed by atoms with Crippen LogP contribution in [0.4, 0.5) is 0 Å². The van der Waals surface area contributed by atoms with Crippen LogP contribution in [0.3, 0.4) is 0 Å². The Labute approximate surface area is 149 Å². The van der Waals surface area contributed by atoms with Crippen LogP contribution >= 0.6 is 11.8 Å². The molecule has 6 nitrogen and oxygen atoms in total. The second kappa shape index (κ2) is 6.76. The summed E-state index contributed by atoms with van der Waals surface area (Å²) in [6.45, 7) is 0.648. The summed E-state index contributed by atoms with van der Waals surface area (Å²) in [6, 6.07) is 11.2. The zero-order valence-corrected chi connectivity index (χ0v) is 14.4. The highest BCUT2D eigenvalue weighted by atomic mass is 32.2. The molecule has 1 aliphatic carbocycles. The van der Waals surface area contributed by atoms with Gasteiger partial charge in [-0.05, 0) is 42.7 Å². The smallest absolute Gasteiger partial charge is 0.248 e. The Morgan fingerprint density at radius 3 is 2.68 bits per heavy atom. The van der Waals surface area contributed by atoms with E-state index in [1.165, 1.54) is 12.8 Å². The summed E-state index contributed by atoms with van der Waals surface area (Å²) in [5, 5.41) is 9.66. The fourth-order valence-electron chi connectivity index (χ4n) is 2.67. The predicted octanol–water partition coefficient (Wildman–Crippen LogP) is 3.19. The molecule has 0 unspecified atom stereocenters.